The quantitative estimate of drug-likeness (QED) is 0.328. The van der Waals surface area contributed by atoms with E-state index < -0.39 is 0 Å². The monoisotopic (exact) mass is 484 g/mol. The fourth-order valence-electron chi connectivity index (χ4n) is 3.44. The Hall–Kier alpha value is -2.94. The maximum Gasteiger partial charge on any atom is 0.266 e. The molecule has 0 saturated carbocycles. The van der Waals surface area contributed by atoms with Gasteiger partial charge in [0.15, 0.2) is 5.13 Å². The molecule has 0 aliphatic carbocycles. The number of likely N-dealkylation sites (N-methyl/N-ethyl adjacent to an activating group) is 1. The van der Waals surface area contributed by atoms with Gasteiger partial charge in [0.1, 0.15) is 22.8 Å². The number of fused-ring (bicyclic) bond motifs is 1. The van der Waals surface area contributed by atoms with Gasteiger partial charge in [-0.15, -0.1) is 0 Å². The topological polar surface area (TPSA) is 71.7 Å². The van der Waals surface area contributed by atoms with Gasteiger partial charge in [-0.3, -0.25) is 9.69 Å². The average molecular weight is 485 g/mol. The van der Waals surface area contributed by atoms with Crippen molar-refractivity contribution >= 4 is 44.2 Å². The molecule has 0 N–H and O–H groups in total. The first-order valence-electron chi connectivity index (χ1n) is 10.6. The van der Waals surface area contributed by atoms with Crippen molar-refractivity contribution in [3.05, 3.63) is 58.8 Å². The molecule has 0 aliphatic rings. The second kappa shape index (κ2) is 9.91. The Balaban J connectivity index is 1.77. The number of thiazole rings is 1. The lowest BCUT2D eigenvalue weighted by Crippen LogP contribution is -2.37. The number of aryl methyl sites for hydroxylation is 1. The summed E-state index contributed by atoms with van der Waals surface area (Å²) in [6, 6.07) is 13.0. The Labute approximate surface area is 201 Å². The highest BCUT2D eigenvalue weighted by Crippen LogP contribution is 2.35. The first kappa shape index (κ1) is 23.2. The van der Waals surface area contributed by atoms with Gasteiger partial charge in [-0.25, -0.2) is 4.98 Å². The van der Waals surface area contributed by atoms with E-state index in [0.29, 0.717) is 52.4 Å². The minimum absolute atomic E-state index is 0.227. The van der Waals surface area contributed by atoms with Crippen LogP contribution in [0.25, 0.3) is 21.5 Å². The van der Waals surface area contributed by atoms with Crippen molar-refractivity contribution in [2.45, 2.75) is 13.8 Å². The molecule has 172 valence electrons. The minimum atomic E-state index is -0.227. The lowest BCUT2D eigenvalue weighted by molar-refractivity contribution is 0.0984. The largest absolute Gasteiger partial charge is 0.494 e. The zero-order valence-corrected chi connectivity index (χ0v) is 20.5. The summed E-state index contributed by atoms with van der Waals surface area (Å²) in [4.78, 5) is 22.4. The summed E-state index contributed by atoms with van der Waals surface area (Å²) in [6.45, 7) is 5.38. The maximum absolute atomic E-state index is 13.9. The number of rotatable bonds is 8. The molecule has 2 heterocycles. The lowest BCUT2D eigenvalue weighted by Gasteiger charge is -2.22. The van der Waals surface area contributed by atoms with Gasteiger partial charge >= 0.3 is 0 Å². The first-order chi connectivity index (χ1) is 15.9. The van der Waals surface area contributed by atoms with Crippen LogP contribution in [0, 0.1) is 6.92 Å². The molecule has 2 aromatic heterocycles. The summed E-state index contributed by atoms with van der Waals surface area (Å²) in [5.41, 5.74) is 2.28. The molecule has 0 bridgehead atoms. The first-order valence-corrected chi connectivity index (χ1v) is 11.8. The van der Waals surface area contributed by atoms with E-state index in [4.69, 9.17) is 25.8 Å². The van der Waals surface area contributed by atoms with Crippen LogP contribution in [-0.4, -0.2) is 54.7 Å². The van der Waals surface area contributed by atoms with Crippen molar-refractivity contribution < 1.29 is 14.1 Å². The van der Waals surface area contributed by atoms with Crippen molar-refractivity contribution in [2.75, 3.05) is 38.7 Å². The van der Waals surface area contributed by atoms with Gasteiger partial charge in [0.2, 0.25) is 0 Å². The van der Waals surface area contributed by atoms with Gasteiger partial charge in [-0.05, 0) is 52.2 Å². The van der Waals surface area contributed by atoms with E-state index in [2.05, 4.69) is 5.16 Å². The summed E-state index contributed by atoms with van der Waals surface area (Å²) in [6.07, 6.45) is 0. The second-order valence-electron chi connectivity index (χ2n) is 7.76. The van der Waals surface area contributed by atoms with Crippen LogP contribution in [0.2, 0.25) is 5.02 Å². The Morgan fingerprint density at radius 2 is 1.97 bits per heavy atom. The van der Waals surface area contributed by atoms with E-state index in [1.165, 1.54) is 11.3 Å². The predicted molar refractivity (Wildman–Crippen MR) is 133 cm³/mol. The van der Waals surface area contributed by atoms with E-state index in [1.807, 2.05) is 62.3 Å². The van der Waals surface area contributed by atoms with E-state index >= 15 is 0 Å². The normalized spacial score (nSPS) is 11.3. The summed E-state index contributed by atoms with van der Waals surface area (Å²) in [5, 5.41) is 5.27. The van der Waals surface area contributed by atoms with E-state index in [9.17, 15) is 4.79 Å². The molecular weight excluding hydrogens is 460 g/mol. The van der Waals surface area contributed by atoms with E-state index in [1.54, 1.807) is 17.9 Å². The molecule has 0 spiro atoms. The van der Waals surface area contributed by atoms with Gasteiger partial charge in [-0.1, -0.05) is 46.3 Å². The van der Waals surface area contributed by atoms with Crippen LogP contribution in [0.15, 0.2) is 47.0 Å². The number of anilines is 1. The summed E-state index contributed by atoms with van der Waals surface area (Å²) < 4.78 is 12.0. The fraction of sp³-hybridized carbons (Fsp3) is 0.292. The van der Waals surface area contributed by atoms with Crippen LogP contribution in [0.5, 0.6) is 5.75 Å². The van der Waals surface area contributed by atoms with Gasteiger partial charge in [0.05, 0.1) is 21.8 Å². The average Bonchev–Trinajstić information content (AvgIpc) is 3.37. The number of carbonyl (C=O) groups is 1. The summed E-state index contributed by atoms with van der Waals surface area (Å²) >= 11 is 7.85. The van der Waals surface area contributed by atoms with E-state index in [-0.39, 0.29) is 5.91 Å². The van der Waals surface area contributed by atoms with Crippen molar-refractivity contribution in [2.24, 2.45) is 0 Å². The SMILES string of the molecule is CCOc1ccc2nc(N(CCN(C)C)C(=O)c3c(-c4ccccc4Cl)noc3C)sc2c1. The molecule has 4 rings (SSSR count). The Morgan fingerprint density at radius 1 is 1.18 bits per heavy atom. The number of amides is 1. The number of benzene rings is 2. The van der Waals surface area contributed by atoms with Crippen LogP contribution in [0.1, 0.15) is 23.0 Å². The smallest absolute Gasteiger partial charge is 0.266 e. The molecule has 0 aliphatic heterocycles. The van der Waals surface area contributed by atoms with Crippen molar-refractivity contribution in [3.63, 3.8) is 0 Å². The van der Waals surface area contributed by atoms with Crippen LogP contribution in [-0.2, 0) is 0 Å². The molecule has 0 fully saturated rings. The number of carbonyl (C=O) groups excluding carboxylic acids is 1. The van der Waals surface area contributed by atoms with Crippen molar-refractivity contribution in [1.82, 2.24) is 15.0 Å². The molecule has 4 aromatic rings. The second-order valence-corrected chi connectivity index (χ2v) is 9.18. The van der Waals surface area contributed by atoms with Gasteiger partial charge < -0.3 is 14.2 Å². The zero-order valence-electron chi connectivity index (χ0n) is 19.0. The third kappa shape index (κ3) is 4.88. The Morgan fingerprint density at radius 3 is 2.70 bits per heavy atom. The van der Waals surface area contributed by atoms with Gasteiger partial charge in [-0.2, -0.15) is 0 Å². The highest BCUT2D eigenvalue weighted by Gasteiger charge is 2.29. The third-order valence-corrected chi connectivity index (χ3v) is 6.48. The van der Waals surface area contributed by atoms with Gasteiger partial charge in [0, 0.05) is 18.7 Å². The number of ether oxygens (including phenoxy) is 1. The molecule has 7 nitrogen and oxygen atoms in total. The number of halogens is 1. The highest BCUT2D eigenvalue weighted by molar-refractivity contribution is 7.22. The molecule has 33 heavy (non-hydrogen) atoms. The van der Waals surface area contributed by atoms with Crippen LogP contribution in [0.3, 0.4) is 0 Å². The number of nitrogens with zero attached hydrogens (tertiary/aromatic N) is 4. The third-order valence-electron chi connectivity index (χ3n) is 5.11. The highest BCUT2D eigenvalue weighted by atomic mass is 35.5. The molecule has 9 heteroatoms. The summed E-state index contributed by atoms with van der Waals surface area (Å²) in [5.74, 6) is 0.987. The molecule has 2 aromatic carbocycles. The van der Waals surface area contributed by atoms with Crippen molar-refractivity contribution in [1.29, 1.82) is 0 Å². The molecule has 0 saturated heterocycles. The lowest BCUT2D eigenvalue weighted by atomic mass is 10.1. The predicted octanol–water partition coefficient (Wildman–Crippen LogP) is 5.52. The minimum Gasteiger partial charge on any atom is -0.494 e. The maximum atomic E-state index is 13.9. The van der Waals surface area contributed by atoms with Crippen molar-refractivity contribution in [3.8, 4) is 17.0 Å². The van der Waals surface area contributed by atoms with Crippen LogP contribution < -0.4 is 9.64 Å². The molecule has 0 atom stereocenters. The zero-order chi connectivity index (χ0) is 23.5. The molecule has 0 radical (unpaired) electrons. The van der Waals surface area contributed by atoms with E-state index in [0.717, 1.165) is 16.0 Å². The standard InChI is InChI=1S/C24H25ClN4O3S/c1-5-31-16-10-11-19-20(14-16)33-24(26-19)29(13-12-28(3)4)23(30)21-15(2)32-27-22(21)17-8-6-7-9-18(17)25/h6-11,14H,5,12-13H2,1-4H3. The fourth-order valence-corrected chi connectivity index (χ4v) is 4.69. The number of hydrogen-bond donors (Lipinski definition) is 0. The van der Waals surface area contributed by atoms with Crippen LogP contribution >= 0.6 is 22.9 Å². The van der Waals surface area contributed by atoms with Crippen LogP contribution in [0.4, 0.5) is 5.13 Å². The number of aromatic nitrogens is 2. The summed E-state index contributed by atoms with van der Waals surface area (Å²) in [7, 11) is 3.93. The Bertz CT molecular complexity index is 1280. The molecule has 0 unspecified atom stereocenters. The van der Waals surface area contributed by atoms with Gasteiger partial charge in [0.25, 0.3) is 5.91 Å². The Kier molecular flexibility index (Phi) is 6.97. The molecule has 1 amide bonds. The number of hydrogen-bond acceptors (Lipinski definition) is 7. The molecular formula is C24H25ClN4O3S.